The molecule has 96 valence electrons. The quantitative estimate of drug-likeness (QED) is 0.783. The van der Waals surface area contributed by atoms with Crippen LogP contribution in [-0.4, -0.2) is 29.7 Å². The first-order valence-electron chi connectivity index (χ1n) is 5.98. The minimum atomic E-state index is -0.309. The molecule has 1 aliphatic rings. The monoisotopic (exact) mass is 265 g/mol. The van der Waals surface area contributed by atoms with Crippen LogP contribution in [0.15, 0.2) is 24.3 Å². The molecule has 1 heterocycles. The summed E-state index contributed by atoms with van der Waals surface area (Å²) in [4.78, 5) is 25.7. The zero-order valence-electron chi connectivity index (χ0n) is 10.6. The number of benzene rings is 1. The smallest absolute Gasteiger partial charge is 0.254 e. The molecule has 0 aliphatic carbocycles. The van der Waals surface area contributed by atoms with E-state index in [9.17, 15) is 9.59 Å². The van der Waals surface area contributed by atoms with E-state index in [1.165, 1.54) is 0 Å². The zero-order chi connectivity index (χ0) is 13.3. The maximum Gasteiger partial charge on any atom is 0.254 e. The number of likely N-dealkylation sites (tertiary alicyclic amines) is 1. The van der Waals surface area contributed by atoms with Gasteiger partial charge in [0.05, 0.1) is 6.54 Å². The van der Waals surface area contributed by atoms with Gasteiger partial charge in [-0.15, -0.1) is 0 Å². The van der Waals surface area contributed by atoms with E-state index in [-0.39, 0.29) is 23.7 Å². The highest BCUT2D eigenvalue weighted by Crippen LogP contribution is 2.27. The average molecular weight is 266 g/mol. The molecule has 1 aliphatic heterocycles. The third-order valence-electron chi connectivity index (χ3n) is 3.47. The number of carbonyl (C=O) groups excluding carboxylic acids is 2. The number of piperidine rings is 1. The van der Waals surface area contributed by atoms with Gasteiger partial charge >= 0.3 is 0 Å². The molecule has 1 aromatic rings. The van der Waals surface area contributed by atoms with Gasteiger partial charge in [0, 0.05) is 22.5 Å². The Morgan fingerprint density at radius 2 is 1.89 bits per heavy atom. The van der Waals surface area contributed by atoms with E-state index in [1.54, 1.807) is 29.2 Å². The standard InChI is InChI=1S/C14H16ClNO2/c1-14(2)7-8-16(9-12(14)17)13(18)10-3-5-11(15)6-4-10/h3-6H,7-9H2,1-2H3. The van der Waals surface area contributed by atoms with Crippen LogP contribution >= 0.6 is 11.6 Å². The summed E-state index contributed by atoms with van der Waals surface area (Å²) in [5.41, 5.74) is 0.267. The maximum absolute atomic E-state index is 12.2. The fourth-order valence-corrected chi connectivity index (χ4v) is 2.09. The van der Waals surface area contributed by atoms with Crippen LogP contribution < -0.4 is 0 Å². The van der Waals surface area contributed by atoms with Crippen LogP contribution in [0.3, 0.4) is 0 Å². The summed E-state index contributed by atoms with van der Waals surface area (Å²) in [6.45, 7) is 4.69. The zero-order valence-corrected chi connectivity index (χ0v) is 11.3. The number of ketones is 1. The van der Waals surface area contributed by atoms with Gasteiger partial charge in [-0.2, -0.15) is 0 Å². The van der Waals surface area contributed by atoms with Gasteiger partial charge in [0.25, 0.3) is 5.91 Å². The van der Waals surface area contributed by atoms with Crippen molar-refractivity contribution in [3.05, 3.63) is 34.9 Å². The molecule has 0 atom stereocenters. The van der Waals surface area contributed by atoms with Crippen molar-refractivity contribution >= 4 is 23.3 Å². The van der Waals surface area contributed by atoms with Crippen molar-refractivity contribution in [1.29, 1.82) is 0 Å². The normalized spacial score (nSPS) is 18.8. The van der Waals surface area contributed by atoms with Crippen LogP contribution in [-0.2, 0) is 4.79 Å². The summed E-state index contributed by atoms with van der Waals surface area (Å²) in [7, 11) is 0. The Morgan fingerprint density at radius 1 is 1.28 bits per heavy atom. The predicted molar refractivity (Wildman–Crippen MR) is 70.8 cm³/mol. The molecule has 1 aromatic carbocycles. The number of Topliss-reactive ketones (excluding diaryl/α,β-unsaturated/α-hetero) is 1. The summed E-state index contributed by atoms with van der Waals surface area (Å²) >= 11 is 5.78. The van der Waals surface area contributed by atoms with Crippen molar-refractivity contribution in [2.45, 2.75) is 20.3 Å². The lowest BCUT2D eigenvalue weighted by Crippen LogP contribution is -2.47. The molecule has 0 radical (unpaired) electrons. The molecule has 18 heavy (non-hydrogen) atoms. The van der Waals surface area contributed by atoms with Crippen molar-refractivity contribution in [2.75, 3.05) is 13.1 Å². The maximum atomic E-state index is 12.2. The van der Waals surface area contributed by atoms with Gasteiger partial charge in [-0.25, -0.2) is 0 Å². The van der Waals surface area contributed by atoms with Gasteiger partial charge in [-0.1, -0.05) is 25.4 Å². The van der Waals surface area contributed by atoms with Gasteiger partial charge in [0.1, 0.15) is 0 Å². The third kappa shape index (κ3) is 2.56. The SMILES string of the molecule is CC1(C)CCN(C(=O)c2ccc(Cl)cc2)CC1=O. The number of hydrogen-bond acceptors (Lipinski definition) is 2. The predicted octanol–water partition coefficient (Wildman–Crippen LogP) is 2.78. The summed E-state index contributed by atoms with van der Waals surface area (Å²) in [6.07, 6.45) is 0.713. The van der Waals surface area contributed by atoms with Crippen LogP contribution in [0.4, 0.5) is 0 Å². The molecule has 3 nitrogen and oxygen atoms in total. The van der Waals surface area contributed by atoms with E-state index in [0.717, 1.165) is 0 Å². The average Bonchev–Trinajstić information content (AvgIpc) is 2.33. The second-order valence-electron chi connectivity index (χ2n) is 5.29. The van der Waals surface area contributed by atoms with E-state index in [2.05, 4.69) is 0 Å². The molecule has 0 bridgehead atoms. The van der Waals surface area contributed by atoms with E-state index in [0.29, 0.717) is 23.6 Å². The molecule has 1 amide bonds. The first-order valence-corrected chi connectivity index (χ1v) is 6.36. The highest BCUT2D eigenvalue weighted by atomic mass is 35.5. The summed E-state index contributed by atoms with van der Waals surface area (Å²) < 4.78 is 0. The van der Waals surface area contributed by atoms with Gasteiger partial charge < -0.3 is 4.90 Å². The first kappa shape index (κ1) is 13.1. The molecule has 0 unspecified atom stereocenters. The Kier molecular flexibility index (Phi) is 3.44. The van der Waals surface area contributed by atoms with E-state index >= 15 is 0 Å². The molecule has 4 heteroatoms. The Labute approximate surface area is 112 Å². The molecule has 0 aromatic heterocycles. The topological polar surface area (TPSA) is 37.4 Å². The number of nitrogens with zero attached hydrogens (tertiary/aromatic N) is 1. The Hall–Kier alpha value is -1.35. The second kappa shape index (κ2) is 4.73. The second-order valence-corrected chi connectivity index (χ2v) is 5.73. The number of amides is 1. The number of hydrogen-bond donors (Lipinski definition) is 0. The van der Waals surface area contributed by atoms with Gasteiger partial charge in [0.2, 0.25) is 0 Å². The lowest BCUT2D eigenvalue weighted by Gasteiger charge is -2.35. The Morgan fingerprint density at radius 3 is 2.44 bits per heavy atom. The van der Waals surface area contributed by atoms with Crippen molar-refractivity contribution in [1.82, 2.24) is 4.90 Å². The van der Waals surface area contributed by atoms with Crippen LogP contribution in [0, 0.1) is 5.41 Å². The van der Waals surface area contributed by atoms with Gasteiger partial charge in [0.15, 0.2) is 5.78 Å². The van der Waals surface area contributed by atoms with Crippen LogP contribution in [0.25, 0.3) is 0 Å². The minimum Gasteiger partial charge on any atom is -0.331 e. The van der Waals surface area contributed by atoms with Crippen molar-refractivity contribution in [2.24, 2.45) is 5.41 Å². The molecular formula is C14H16ClNO2. The molecule has 1 fully saturated rings. The third-order valence-corrected chi connectivity index (χ3v) is 3.73. The van der Waals surface area contributed by atoms with Crippen molar-refractivity contribution in [3.8, 4) is 0 Å². The Balaban J connectivity index is 2.12. The van der Waals surface area contributed by atoms with Crippen LogP contribution in [0.1, 0.15) is 30.6 Å². The summed E-state index contributed by atoms with van der Waals surface area (Å²) in [5, 5.41) is 0.599. The highest BCUT2D eigenvalue weighted by Gasteiger charge is 2.35. The lowest BCUT2D eigenvalue weighted by molar-refractivity contribution is -0.130. The summed E-state index contributed by atoms with van der Waals surface area (Å²) in [5.74, 6) is 0.0200. The lowest BCUT2D eigenvalue weighted by atomic mass is 9.81. The van der Waals surface area contributed by atoms with E-state index in [1.807, 2.05) is 13.8 Å². The molecule has 0 spiro atoms. The van der Waals surface area contributed by atoms with Crippen molar-refractivity contribution < 1.29 is 9.59 Å². The molecule has 0 N–H and O–H groups in total. The molecule has 2 rings (SSSR count). The molecule has 1 saturated heterocycles. The molecular weight excluding hydrogens is 250 g/mol. The van der Waals surface area contributed by atoms with Gasteiger partial charge in [-0.3, -0.25) is 9.59 Å². The number of rotatable bonds is 1. The fraction of sp³-hybridized carbons (Fsp3) is 0.429. The van der Waals surface area contributed by atoms with E-state index in [4.69, 9.17) is 11.6 Å². The Bertz CT molecular complexity index is 479. The molecule has 0 saturated carbocycles. The fourth-order valence-electron chi connectivity index (χ4n) is 1.97. The first-order chi connectivity index (χ1) is 8.40. The van der Waals surface area contributed by atoms with Crippen LogP contribution in [0.5, 0.6) is 0 Å². The largest absolute Gasteiger partial charge is 0.331 e. The number of carbonyl (C=O) groups is 2. The van der Waals surface area contributed by atoms with Crippen molar-refractivity contribution in [3.63, 3.8) is 0 Å². The van der Waals surface area contributed by atoms with Gasteiger partial charge in [-0.05, 0) is 30.7 Å². The summed E-state index contributed by atoms with van der Waals surface area (Å²) in [6, 6.07) is 6.75. The van der Waals surface area contributed by atoms with Crippen LogP contribution in [0.2, 0.25) is 5.02 Å². The number of halogens is 1. The van der Waals surface area contributed by atoms with E-state index < -0.39 is 0 Å². The minimum absolute atomic E-state index is 0.101. The highest BCUT2D eigenvalue weighted by molar-refractivity contribution is 6.30.